The molecule has 1 aromatic heterocycles. The number of aromatic nitrogens is 2. The molecule has 1 aromatic carbocycles. The second-order valence-corrected chi connectivity index (χ2v) is 5.36. The van der Waals surface area contributed by atoms with Crippen molar-refractivity contribution in [2.75, 3.05) is 18.9 Å². The summed E-state index contributed by atoms with van der Waals surface area (Å²) in [4.78, 5) is 16.2. The van der Waals surface area contributed by atoms with Crippen molar-refractivity contribution in [2.45, 2.75) is 13.0 Å². The van der Waals surface area contributed by atoms with Crippen LogP contribution in [-0.2, 0) is 17.8 Å². The van der Waals surface area contributed by atoms with Crippen LogP contribution in [0.15, 0.2) is 41.3 Å². The summed E-state index contributed by atoms with van der Waals surface area (Å²) in [5.41, 5.74) is 1.77. The zero-order valence-corrected chi connectivity index (χ0v) is 12.9. The molecule has 0 aliphatic carbocycles. The summed E-state index contributed by atoms with van der Waals surface area (Å²) in [6.07, 6.45) is 4.45. The molecule has 0 saturated heterocycles. The summed E-state index contributed by atoms with van der Waals surface area (Å²) in [7, 11) is 1.91. The van der Waals surface area contributed by atoms with Gasteiger partial charge in [-0.2, -0.15) is 0 Å². The van der Waals surface area contributed by atoms with E-state index in [1.54, 1.807) is 10.9 Å². The minimum atomic E-state index is -0.0649. The second kappa shape index (κ2) is 7.21. The minimum Gasteiger partial charge on any atom is -0.328 e. The third-order valence-electron chi connectivity index (χ3n) is 2.77. The molecule has 0 unspecified atom stereocenters. The van der Waals surface area contributed by atoms with E-state index in [2.05, 4.69) is 31.5 Å². The van der Waals surface area contributed by atoms with Crippen LogP contribution in [0.25, 0.3) is 0 Å². The van der Waals surface area contributed by atoms with Gasteiger partial charge in [0.1, 0.15) is 6.54 Å². The first-order chi connectivity index (χ1) is 9.67. The predicted molar refractivity (Wildman–Crippen MR) is 82.6 cm³/mol. The Morgan fingerprint density at radius 2 is 2.10 bits per heavy atom. The number of imidazole rings is 1. The number of carbonyl (C=O) groups excluding carboxylic acids is 1. The molecule has 2 aromatic rings. The second-order valence-electron chi connectivity index (χ2n) is 4.45. The van der Waals surface area contributed by atoms with Crippen LogP contribution in [0.5, 0.6) is 0 Å². The van der Waals surface area contributed by atoms with Gasteiger partial charge in [-0.25, -0.2) is 4.98 Å². The van der Waals surface area contributed by atoms with E-state index >= 15 is 0 Å². The van der Waals surface area contributed by atoms with Crippen LogP contribution in [0.1, 0.15) is 5.69 Å². The summed E-state index contributed by atoms with van der Waals surface area (Å²) >= 11 is 3.36. The van der Waals surface area contributed by atoms with Gasteiger partial charge in [-0.15, -0.1) is 0 Å². The van der Waals surface area contributed by atoms with Gasteiger partial charge in [0.2, 0.25) is 5.91 Å². The molecule has 2 N–H and O–H groups in total. The van der Waals surface area contributed by atoms with Crippen LogP contribution in [0, 0.1) is 0 Å². The Kier molecular flexibility index (Phi) is 5.31. The monoisotopic (exact) mass is 336 g/mol. The lowest BCUT2D eigenvalue weighted by molar-refractivity contribution is -0.116. The molecule has 1 amide bonds. The lowest BCUT2D eigenvalue weighted by atomic mass is 10.3. The van der Waals surface area contributed by atoms with Gasteiger partial charge in [-0.1, -0.05) is 15.9 Å². The average Bonchev–Trinajstić information content (AvgIpc) is 2.86. The number of amides is 1. The highest BCUT2D eigenvalue weighted by molar-refractivity contribution is 9.10. The van der Waals surface area contributed by atoms with Crippen molar-refractivity contribution in [3.63, 3.8) is 0 Å². The molecule has 5 nitrogen and oxygen atoms in total. The van der Waals surface area contributed by atoms with Crippen molar-refractivity contribution >= 4 is 27.5 Å². The summed E-state index contributed by atoms with van der Waals surface area (Å²) in [6.45, 7) is 1.14. The fraction of sp³-hybridized carbons (Fsp3) is 0.286. The predicted octanol–water partition coefficient (Wildman–Crippen LogP) is 2.05. The fourth-order valence-electron chi connectivity index (χ4n) is 1.77. The Bertz CT molecular complexity index is 565. The zero-order chi connectivity index (χ0) is 14.4. The van der Waals surface area contributed by atoms with Crippen molar-refractivity contribution in [1.29, 1.82) is 0 Å². The molecule has 0 atom stereocenters. The largest absolute Gasteiger partial charge is 0.328 e. The van der Waals surface area contributed by atoms with Crippen molar-refractivity contribution in [3.05, 3.63) is 47.0 Å². The SMILES string of the molecule is CNCCc1cn(CC(=O)Nc2ccc(Br)cc2)cn1. The maximum absolute atomic E-state index is 11.9. The van der Waals surface area contributed by atoms with Crippen molar-refractivity contribution in [1.82, 2.24) is 14.9 Å². The van der Waals surface area contributed by atoms with Crippen LogP contribution in [0.2, 0.25) is 0 Å². The van der Waals surface area contributed by atoms with Crippen molar-refractivity contribution in [2.24, 2.45) is 0 Å². The first-order valence-corrected chi connectivity index (χ1v) is 7.17. The quantitative estimate of drug-likeness (QED) is 0.848. The third kappa shape index (κ3) is 4.47. The van der Waals surface area contributed by atoms with E-state index in [1.807, 2.05) is 37.5 Å². The Labute approximate surface area is 126 Å². The third-order valence-corrected chi connectivity index (χ3v) is 3.30. The van der Waals surface area contributed by atoms with Gasteiger partial charge in [-0.3, -0.25) is 4.79 Å². The summed E-state index contributed by atoms with van der Waals surface area (Å²) in [5, 5.41) is 5.92. The number of hydrogen-bond acceptors (Lipinski definition) is 3. The highest BCUT2D eigenvalue weighted by Crippen LogP contribution is 2.14. The number of anilines is 1. The van der Waals surface area contributed by atoms with Gasteiger partial charge in [0.25, 0.3) is 0 Å². The molecule has 0 fully saturated rings. The molecule has 0 saturated carbocycles. The van der Waals surface area contributed by atoms with Crippen molar-refractivity contribution in [3.8, 4) is 0 Å². The standard InChI is InChI=1S/C14H17BrN4O/c1-16-7-6-13-8-19(10-17-13)9-14(20)18-12-4-2-11(15)3-5-12/h2-5,8,10,16H,6-7,9H2,1H3,(H,18,20). The Hall–Kier alpha value is -1.66. The van der Waals surface area contributed by atoms with Crippen molar-refractivity contribution < 1.29 is 4.79 Å². The van der Waals surface area contributed by atoms with Crippen LogP contribution in [0.3, 0.4) is 0 Å². The molecule has 2 rings (SSSR count). The fourth-order valence-corrected chi connectivity index (χ4v) is 2.04. The normalized spacial score (nSPS) is 10.5. The number of nitrogens with one attached hydrogen (secondary N) is 2. The van der Waals surface area contributed by atoms with Gasteiger partial charge in [0, 0.05) is 29.3 Å². The number of likely N-dealkylation sites (N-methyl/N-ethyl adjacent to an activating group) is 1. The van der Waals surface area contributed by atoms with Crippen LogP contribution in [-0.4, -0.2) is 29.1 Å². The highest BCUT2D eigenvalue weighted by Gasteiger charge is 2.05. The van der Waals surface area contributed by atoms with E-state index in [0.29, 0.717) is 0 Å². The van der Waals surface area contributed by atoms with Gasteiger partial charge in [0.15, 0.2) is 0 Å². The molecule has 0 radical (unpaired) electrons. The molecular weight excluding hydrogens is 320 g/mol. The van der Waals surface area contributed by atoms with E-state index in [9.17, 15) is 4.79 Å². The summed E-state index contributed by atoms with van der Waals surface area (Å²) in [5.74, 6) is -0.0649. The van der Waals surface area contributed by atoms with Gasteiger partial charge >= 0.3 is 0 Å². The topological polar surface area (TPSA) is 59.0 Å². The van der Waals surface area contributed by atoms with Gasteiger partial charge in [0.05, 0.1) is 12.0 Å². The number of nitrogens with zero attached hydrogens (tertiary/aromatic N) is 2. The van der Waals surface area contributed by atoms with E-state index in [1.165, 1.54) is 0 Å². The zero-order valence-electron chi connectivity index (χ0n) is 11.3. The molecule has 0 spiro atoms. The number of hydrogen-bond donors (Lipinski definition) is 2. The number of halogens is 1. The maximum Gasteiger partial charge on any atom is 0.244 e. The summed E-state index contributed by atoms with van der Waals surface area (Å²) in [6, 6.07) is 7.49. The molecule has 0 aliphatic rings. The molecule has 1 heterocycles. The Balaban J connectivity index is 1.87. The number of benzene rings is 1. The van der Waals surface area contributed by atoms with Crippen LogP contribution >= 0.6 is 15.9 Å². The molecule has 0 aliphatic heterocycles. The lowest BCUT2D eigenvalue weighted by Crippen LogP contribution is -2.17. The highest BCUT2D eigenvalue weighted by atomic mass is 79.9. The number of carbonyl (C=O) groups is 1. The minimum absolute atomic E-state index is 0.0649. The smallest absolute Gasteiger partial charge is 0.244 e. The number of rotatable bonds is 6. The molecule has 20 heavy (non-hydrogen) atoms. The van der Waals surface area contributed by atoms with Crippen LogP contribution in [0.4, 0.5) is 5.69 Å². The lowest BCUT2D eigenvalue weighted by Gasteiger charge is -2.05. The van der Waals surface area contributed by atoms with Gasteiger partial charge < -0.3 is 15.2 Å². The average molecular weight is 337 g/mol. The first-order valence-electron chi connectivity index (χ1n) is 6.38. The van der Waals surface area contributed by atoms with Gasteiger partial charge in [-0.05, 0) is 31.3 Å². The Morgan fingerprint density at radius 3 is 2.80 bits per heavy atom. The van der Waals surface area contributed by atoms with E-state index in [-0.39, 0.29) is 12.5 Å². The summed E-state index contributed by atoms with van der Waals surface area (Å²) < 4.78 is 2.78. The molecule has 0 bridgehead atoms. The van der Waals surface area contributed by atoms with E-state index in [4.69, 9.17) is 0 Å². The molecule has 106 valence electrons. The Morgan fingerprint density at radius 1 is 1.35 bits per heavy atom. The van der Waals surface area contributed by atoms with E-state index < -0.39 is 0 Å². The first kappa shape index (κ1) is 14.7. The molecule has 6 heteroatoms. The maximum atomic E-state index is 11.9. The molecular formula is C14H17BrN4O. The van der Waals surface area contributed by atoms with E-state index in [0.717, 1.165) is 28.8 Å². The van der Waals surface area contributed by atoms with Crippen LogP contribution < -0.4 is 10.6 Å².